The summed E-state index contributed by atoms with van der Waals surface area (Å²) in [7, 11) is 1.70. The number of halogens is 3. The van der Waals surface area contributed by atoms with Crippen molar-refractivity contribution < 1.29 is 17.9 Å². The molecular weight excluding hydrogens is 381 g/mol. The second-order valence-corrected chi connectivity index (χ2v) is 7.03. The first-order valence-corrected chi connectivity index (χ1v) is 9.15. The molecular formula is C21H19F3N4O. The second-order valence-electron chi connectivity index (χ2n) is 7.03. The number of aromatic amines is 1. The molecule has 0 spiro atoms. The van der Waals surface area contributed by atoms with Gasteiger partial charge in [0.05, 0.1) is 11.8 Å². The molecule has 0 atom stereocenters. The number of rotatable bonds is 6. The van der Waals surface area contributed by atoms with Gasteiger partial charge in [0.25, 0.3) is 0 Å². The van der Waals surface area contributed by atoms with E-state index < -0.39 is 11.7 Å². The van der Waals surface area contributed by atoms with Gasteiger partial charge in [0.15, 0.2) is 0 Å². The molecule has 0 unspecified atom stereocenters. The van der Waals surface area contributed by atoms with Gasteiger partial charge in [0, 0.05) is 12.5 Å². The molecule has 3 aromatic rings. The molecule has 5 nitrogen and oxygen atoms in total. The van der Waals surface area contributed by atoms with Gasteiger partial charge in [-0.25, -0.2) is 0 Å². The van der Waals surface area contributed by atoms with Gasteiger partial charge in [-0.15, -0.1) is 0 Å². The third kappa shape index (κ3) is 3.87. The smallest absolute Gasteiger partial charge is 0.416 e. The van der Waals surface area contributed by atoms with Crippen LogP contribution in [0.5, 0.6) is 5.75 Å². The van der Waals surface area contributed by atoms with Gasteiger partial charge < -0.3 is 4.74 Å². The fourth-order valence-corrected chi connectivity index (χ4v) is 3.42. The summed E-state index contributed by atoms with van der Waals surface area (Å²) >= 11 is 0. The lowest BCUT2D eigenvalue weighted by molar-refractivity contribution is -0.137. The molecule has 1 heterocycles. The van der Waals surface area contributed by atoms with Crippen molar-refractivity contribution in [3.63, 3.8) is 0 Å². The molecule has 1 aliphatic rings. The summed E-state index contributed by atoms with van der Waals surface area (Å²) in [4.78, 5) is 4.03. The Kier molecular flexibility index (Phi) is 4.86. The van der Waals surface area contributed by atoms with E-state index in [-0.39, 0.29) is 12.0 Å². The number of benzene rings is 2. The monoisotopic (exact) mass is 400 g/mol. The largest absolute Gasteiger partial charge is 0.489 e. The lowest BCUT2D eigenvalue weighted by Gasteiger charge is -2.14. The Labute approximate surface area is 165 Å². The minimum absolute atomic E-state index is 0.157. The minimum atomic E-state index is -4.33. The van der Waals surface area contributed by atoms with Crippen LogP contribution >= 0.6 is 0 Å². The van der Waals surface area contributed by atoms with E-state index in [9.17, 15) is 13.2 Å². The van der Waals surface area contributed by atoms with Crippen molar-refractivity contribution in [1.29, 1.82) is 0 Å². The van der Waals surface area contributed by atoms with Crippen LogP contribution in [0.4, 0.5) is 13.2 Å². The van der Waals surface area contributed by atoms with E-state index in [0.29, 0.717) is 11.3 Å². The molecule has 29 heavy (non-hydrogen) atoms. The topological polar surface area (TPSA) is 63.2 Å². The Morgan fingerprint density at radius 2 is 1.76 bits per heavy atom. The standard InChI is InChI=1S/C21H19F3N4O/c1-25-12-18-19(27-28-26-18)20(10-11-20)15-6-8-17(9-7-15)29-13-14-2-4-16(5-3-14)21(22,23)24/h2-9,12H,10-11,13H2,1H3,(H,26,27,28). The molecule has 1 N–H and O–H groups in total. The predicted molar refractivity (Wildman–Crippen MR) is 102 cm³/mol. The van der Waals surface area contributed by atoms with Gasteiger partial charge in [0.1, 0.15) is 23.7 Å². The van der Waals surface area contributed by atoms with Crippen LogP contribution in [-0.2, 0) is 18.2 Å². The van der Waals surface area contributed by atoms with Gasteiger partial charge in [-0.05, 0) is 48.2 Å². The third-order valence-corrected chi connectivity index (χ3v) is 5.12. The molecule has 0 amide bonds. The number of ether oxygens (including phenoxy) is 1. The Morgan fingerprint density at radius 1 is 1.07 bits per heavy atom. The first-order valence-electron chi connectivity index (χ1n) is 9.15. The van der Waals surface area contributed by atoms with Gasteiger partial charge >= 0.3 is 6.18 Å². The van der Waals surface area contributed by atoms with E-state index >= 15 is 0 Å². The van der Waals surface area contributed by atoms with Crippen LogP contribution in [0.25, 0.3) is 0 Å². The highest BCUT2D eigenvalue weighted by molar-refractivity contribution is 5.79. The molecule has 150 valence electrons. The Balaban J connectivity index is 1.44. The molecule has 0 aliphatic heterocycles. The Bertz CT molecular complexity index is 1000. The number of nitrogens with zero attached hydrogens (tertiary/aromatic N) is 3. The number of aliphatic imine (C=N–C) groups is 1. The number of hydrogen-bond acceptors (Lipinski definition) is 4. The summed E-state index contributed by atoms with van der Waals surface area (Å²) in [5.74, 6) is 0.653. The molecule has 2 aromatic carbocycles. The Morgan fingerprint density at radius 3 is 2.34 bits per heavy atom. The van der Waals surface area contributed by atoms with Crippen LogP contribution in [-0.4, -0.2) is 28.7 Å². The van der Waals surface area contributed by atoms with E-state index in [1.807, 2.05) is 24.3 Å². The molecule has 8 heteroatoms. The minimum Gasteiger partial charge on any atom is -0.489 e. The van der Waals surface area contributed by atoms with Crippen molar-refractivity contribution in [1.82, 2.24) is 15.4 Å². The molecule has 1 fully saturated rings. The highest BCUT2D eigenvalue weighted by Crippen LogP contribution is 2.53. The fourth-order valence-electron chi connectivity index (χ4n) is 3.42. The maximum atomic E-state index is 12.6. The highest BCUT2D eigenvalue weighted by Gasteiger charge is 2.49. The van der Waals surface area contributed by atoms with Crippen LogP contribution < -0.4 is 4.74 Å². The average molecular weight is 400 g/mol. The van der Waals surface area contributed by atoms with Crippen molar-refractivity contribution >= 4 is 6.21 Å². The van der Waals surface area contributed by atoms with E-state index in [2.05, 4.69) is 20.4 Å². The number of alkyl halides is 3. The van der Waals surface area contributed by atoms with Crippen LogP contribution in [0.3, 0.4) is 0 Å². The van der Waals surface area contributed by atoms with Gasteiger partial charge in [-0.1, -0.05) is 24.3 Å². The molecule has 1 saturated carbocycles. The quantitative estimate of drug-likeness (QED) is 0.619. The second kappa shape index (κ2) is 7.35. The van der Waals surface area contributed by atoms with Crippen molar-refractivity contribution in [2.45, 2.75) is 31.0 Å². The van der Waals surface area contributed by atoms with Crippen LogP contribution in [0.15, 0.2) is 53.5 Å². The van der Waals surface area contributed by atoms with Gasteiger partial charge in [-0.2, -0.15) is 28.6 Å². The van der Waals surface area contributed by atoms with Crippen molar-refractivity contribution in [2.24, 2.45) is 4.99 Å². The van der Waals surface area contributed by atoms with E-state index in [1.54, 1.807) is 13.3 Å². The molecule has 0 saturated heterocycles. The molecule has 4 rings (SSSR count). The third-order valence-electron chi connectivity index (χ3n) is 5.12. The summed E-state index contributed by atoms with van der Waals surface area (Å²) in [5.41, 5.74) is 2.61. The van der Waals surface area contributed by atoms with Crippen LogP contribution in [0, 0.1) is 0 Å². The maximum absolute atomic E-state index is 12.6. The lowest BCUT2D eigenvalue weighted by Crippen LogP contribution is -2.12. The van der Waals surface area contributed by atoms with Crippen LogP contribution in [0.1, 0.15) is 40.9 Å². The molecule has 0 bridgehead atoms. The highest BCUT2D eigenvalue weighted by atomic mass is 19.4. The number of H-pyrrole nitrogens is 1. The first-order chi connectivity index (χ1) is 13.9. The summed E-state index contributed by atoms with van der Waals surface area (Å²) in [6, 6.07) is 12.7. The van der Waals surface area contributed by atoms with Crippen LogP contribution in [0.2, 0.25) is 0 Å². The Hall–Kier alpha value is -3.16. The molecule has 0 radical (unpaired) electrons. The molecule has 1 aliphatic carbocycles. The van der Waals surface area contributed by atoms with Crippen molar-refractivity contribution in [2.75, 3.05) is 7.05 Å². The number of hydrogen-bond donors (Lipinski definition) is 1. The number of aromatic nitrogens is 3. The van der Waals surface area contributed by atoms with E-state index in [0.717, 1.165) is 41.9 Å². The van der Waals surface area contributed by atoms with E-state index in [1.165, 1.54) is 12.1 Å². The lowest BCUT2D eigenvalue weighted by atomic mass is 9.91. The zero-order valence-corrected chi connectivity index (χ0v) is 15.7. The summed E-state index contributed by atoms with van der Waals surface area (Å²) < 4.78 is 43.6. The number of nitrogens with one attached hydrogen (secondary N) is 1. The first kappa shape index (κ1) is 19.2. The fraction of sp³-hybridized carbons (Fsp3) is 0.286. The normalized spacial score (nSPS) is 15.6. The van der Waals surface area contributed by atoms with Crippen molar-refractivity contribution in [3.8, 4) is 5.75 Å². The SMILES string of the molecule is CN=Cc1n[nH]nc1C1(c2ccc(OCc3ccc(C(F)(F)F)cc3)cc2)CC1. The summed E-state index contributed by atoms with van der Waals surface area (Å²) in [5, 5.41) is 11.2. The average Bonchev–Trinajstić information content (AvgIpc) is 3.38. The van der Waals surface area contributed by atoms with Gasteiger partial charge in [-0.3, -0.25) is 4.99 Å². The summed E-state index contributed by atoms with van der Waals surface area (Å²) in [6.45, 7) is 0.197. The van der Waals surface area contributed by atoms with Crippen molar-refractivity contribution in [3.05, 3.63) is 76.6 Å². The zero-order chi connectivity index (χ0) is 20.5. The predicted octanol–water partition coefficient (Wildman–Crippen LogP) is 4.53. The van der Waals surface area contributed by atoms with Gasteiger partial charge in [0.2, 0.25) is 0 Å². The maximum Gasteiger partial charge on any atom is 0.416 e. The zero-order valence-electron chi connectivity index (χ0n) is 15.7. The van der Waals surface area contributed by atoms with E-state index in [4.69, 9.17) is 4.74 Å². The molecule has 1 aromatic heterocycles. The summed E-state index contributed by atoms with van der Waals surface area (Å²) in [6.07, 6.45) is -0.674.